The number of carbonyl (C=O) groups is 3. The van der Waals surface area contributed by atoms with Crippen LogP contribution in [0, 0.1) is 19.7 Å². The third kappa shape index (κ3) is 5.90. The van der Waals surface area contributed by atoms with Crippen LogP contribution in [0.15, 0.2) is 42.5 Å². The zero-order valence-electron chi connectivity index (χ0n) is 16.0. The summed E-state index contributed by atoms with van der Waals surface area (Å²) in [7, 11) is 0. The summed E-state index contributed by atoms with van der Waals surface area (Å²) in [4.78, 5) is 36.0. The summed E-state index contributed by atoms with van der Waals surface area (Å²) < 4.78 is 18.6. The highest BCUT2D eigenvalue weighted by molar-refractivity contribution is 5.96. The highest BCUT2D eigenvalue weighted by Gasteiger charge is 2.18. The maximum absolute atomic E-state index is 13.5. The number of anilines is 1. The third-order valence-corrected chi connectivity index (χ3v) is 4.12. The van der Waals surface area contributed by atoms with Crippen molar-refractivity contribution in [3.05, 3.63) is 65.0 Å². The van der Waals surface area contributed by atoms with Crippen molar-refractivity contribution in [3.63, 3.8) is 0 Å². The smallest absolute Gasteiger partial charge is 0.308 e. The molecular weight excluding hydrogens is 363 g/mol. The molecule has 0 aliphatic rings. The van der Waals surface area contributed by atoms with Gasteiger partial charge in [0, 0.05) is 17.8 Å². The van der Waals surface area contributed by atoms with Crippen molar-refractivity contribution in [1.82, 2.24) is 5.32 Å². The number of amides is 2. The largest absolute Gasteiger partial charge is 0.452 e. The van der Waals surface area contributed by atoms with Crippen molar-refractivity contribution in [2.45, 2.75) is 33.3 Å². The Labute approximate surface area is 163 Å². The number of aryl methyl sites for hydroxylation is 2. The molecule has 0 aromatic heterocycles. The highest BCUT2D eigenvalue weighted by atomic mass is 19.1. The van der Waals surface area contributed by atoms with Gasteiger partial charge in [0.05, 0.1) is 6.42 Å². The normalized spacial score (nSPS) is 11.4. The molecule has 1 atom stereocenters. The summed E-state index contributed by atoms with van der Waals surface area (Å²) >= 11 is 0. The number of benzene rings is 2. The zero-order chi connectivity index (χ0) is 20.7. The Hall–Kier alpha value is -3.22. The molecule has 6 nitrogen and oxygen atoms in total. The number of rotatable bonds is 7. The van der Waals surface area contributed by atoms with Gasteiger partial charge in [-0.15, -0.1) is 0 Å². The lowest BCUT2D eigenvalue weighted by Crippen LogP contribution is -2.32. The van der Waals surface area contributed by atoms with Gasteiger partial charge in [-0.05, 0) is 50.1 Å². The summed E-state index contributed by atoms with van der Waals surface area (Å²) in [6.45, 7) is 4.94. The fraction of sp³-hybridized carbons (Fsp3) is 0.286. The molecule has 0 bridgehead atoms. The fourth-order valence-corrected chi connectivity index (χ4v) is 2.43. The first-order valence-corrected chi connectivity index (χ1v) is 8.88. The van der Waals surface area contributed by atoms with E-state index in [9.17, 15) is 18.8 Å². The second-order valence-electron chi connectivity index (χ2n) is 6.41. The van der Waals surface area contributed by atoms with Crippen molar-refractivity contribution >= 4 is 23.5 Å². The van der Waals surface area contributed by atoms with Gasteiger partial charge < -0.3 is 15.4 Å². The number of halogens is 1. The summed E-state index contributed by atoms with van der Waals surface area (Å²) in [5.41, 5.74) is 2.11. The predicted molar refractivity (Wildman–Crippen MR) is 103 cm³/mol. The van der Waals surface area contributed by atoms with Gasteiger partial charge >= 0.3 is 5.97 Å². The van der Waals surface area contributed by atoms with Crippen LogP contribution in [0.4, 0.5) is 10.1 Å². The lowest BCUT2D eigenvalue weighted by Gasteiger charge is -2.14. The van der Waals surface area contributed by atoms with E-state index in [1.165, 1.54) is 13.0 Å². The van der Waals surface area contributed by atoms with Crippen molar-refractivity contribution in [3.8, 4) is 0 Å². The predicted octanol–water partition coefficient (Wildman–Crippen LogP) is 3.13. The van der Waals surface area contributed by atoms with Crippen LogP contribution < -0.4 is 10.6 Å². The van der Waals surface area contributed by atoms with Gasteiger partial charge in [-0.3, -0.25) is 14.4 Å². The molecule has 0 radical (unpaired) electrons. The van der Waals surface area contributed by atoms with E-state index in [4.69, 9.17) is 4.74 Å². The molecule has 2 rings (SSSR count). The topological polar surface area (TPSA) is 84.5 Å². The van der Waals surface area contributed by atoms with E-state index in [-0.39, 0.29) is 24.6 Å². The Morgan fingerprint density at radius 2 is 1.79 bits per heavy atom. The Bertz CT molecular complexity index is 882. The van der Waals surface area contributed by atoms with E-state index in [1.54, 1.807) is 31.2 Å². The van der Waals surface area contributed by atoms with Crippen LogP contribution in [-0.4, -0.2) is 30.4 Å². The third-order valence-electron chi connectivity index (χ3n) is 4.12. The van der Waals surface area contributed by atoms with Crippen LogP contribution in [0.5, 0.6) is 0 Å². The van der Waals surface area contributed by atoms with Gasteiger partial charge in [0.15, 0.2) is 6.10 Å². The van der Waals surface area contributed by atoms with Crippen LogP contribution in [0.1, 0.15) is 34.8 Å². The molecule has 148 valence electrons. The Balaban J connectivity index is 1.77. The first-order valence-electron chi connectivity index (χ1n) is 8.88. The Morgan fingerprint density at radius 1 is 1.07 bits per heavy atom. The quantitative estimate of drug-likeness (QED) is 0.716. The molecule has 28 heavy (non-hydrogen) atoms. The van der Waals surface area contributed by atoms with E-state index in [1.807, 2.05) is 19.1 Å². The summed E-state index contributed by atoms with van der Waals surface area (Å²) in [6.07, 6.45) is -1.13. The molecule has 0 saturated carbocycles. The Kier molecular flexibility index (Phi) is 7.26. The van der Waals surface area contributed by atoms with Crippen LogP contribution >= 0.6 is 0 Å². The average Bonchev–Trinajstić information content (AvgIpc) is 2.64. The first kappa shape index (κ1) is 21.1. The van der Waals surface area contributed by atoms with Gasteiger partial charge in [0.25, 0.3) is 11.8 Å². The SMILES string of the molecule is Cc1ccc(NC(=O)C(C)OC(=O)CCNC(=O)c2ccccc2C)cc1F. The lowest BCUT2D eigenvalue weighted by molar-refractivity contribution is -0.153. The van der Waals surface area contributed by atoms with Gasteiger partial charge in [-0.25, -0.2) is 4.39 Å². The van der Waals surface area contributed by atoms with Gasteiger partial charge in [-0.2, -0.15) is 0 Å². The van der Waals surface area contributed by atoms with Crippen molar-refractivity contribution in [1.29, 1.82) is 0 Å². The molecular formula is C21H23FN2O4. The summed E-state index contributed by atoms with van der Waals surface area (Å²) in [5, 5.41) is 5.13. The van der Waals surface area contributed by atoms with Crippen LogP contribution in [0.3, 0.4) is 0 Å². The molecule has 0 aliphatic heterocycles. The van der Waals surface area contributed by atoms with Crippen LogP contribution in [-0.2, 0) is 14.3 Å². The number of hydrogen-bond acceptors (Lipinski definition) is 4. The van der Waals surface area contributed by atoms with E-state index in [0.717, 1.165) is 5.56 Å². The van der Waals surface area contributed by atoms with Crippen molar-refractivity contribution in [2.75, 3.05) is 11.9 Å². The number of carbonyl (C=O) groups excluding carboxylic acids is 3. The number of hydrogen-bond donors (Lipinski definition) is 2. The molecule has 0 spiro atoms. The first-order chi connectivity index (χ1) is 13.3. The second kappa shape index (κ2) is 9.64. The number of nitrogens with one attached hydrogen (secondary N) is 2. The zero-order valence-corrected chi connectivity index (χ0v) is 16.0. The Morgan fingerprint density at radius 3 is 2.46 bits per heavy atom. The highest BCUT2D eigenvalue weighted by Crippen LogP contribution is 2.14. The van der Waals surface area contributed by atoms with Crippen molar-refractivity contribution < 1.29 is 23.5 Å². The number of esters is 1. The van der Waals surface area contributed by atoms with Crippen LogP contribution in [0.2, 0.25) is 0 Å². The van der Waals surface area contributed by atoms with Gasteiger partial charge in [0.2, 0.25) is 0 Å². The van der Waals surface area contributed by atoms with E-state index < -0.39 is 23.8 Å². The van der Waals surface area contributed by atoms with E-state index >= 15 is 0 Å². The average molecular weight is 386 g/mol. The molecule has 2 aromatic rings. The molecule has 7 heteroatoms. The summed E-state index contributed by atoms with van der Waals surface area (Å²) in [5.74, 6) is -1.91. The standard InChI is InChI=1S/C21H23FN2O4/c1-13-6-4-5-7-17(13)21(27)23-11-10-19(25)28-15(3)20(26)24-16-9-8-14(2)18(22)12-16/h4-9,12,15H,10-11H2,1-3H3,(H,23,27)(H,24,26). The molecule has 2 amide bonds. The molecule has 1 unspecified atom stereocenters. The van der Waals surface area contributed by atoms with Gasteiger partial charge in [0.1, 0.15) is 5.82 Å². The molecule has 0 fully saturated rings. The lowest BCUT2D eigenvalue weighted by atomic mass is 10.1. The second-order valence-corrected chi connectivity index (χ2v) is 6.41. The number of ether oxygens (including phenoxy) is 1. The maximum Gasteiger partial charge on any atom is 0.308 e. The van der Waals surface area contributed by atoms with Gasteiger partial charge in [-0.1, -0.05) is 24.3 Å². The van der Waals surface area contributed by atoms with E-state index in [2.05, 4.69) is 10.6 Å². The maximum atomic E-state index is 13.5. The summed E-state index contributed by atoms with van der Waals surface area (Å²) in [6, 6.07) is 11.4. The van der Waals surface area contributed by atoms with E-state index in [0.29, 0.717) is 11.1 Å². The minimum absolute atomic E-state index is 0.0750. The fourth-order valence-electron chi connectivity index (χ4n) is 2.43. The minimum atomic E-state index is -1.05. The molecule has 0 aliphatic carbocycles. The van der Waals surface area contributed by atoms with Crippen molar-refractivity contribution in [2.24, 2.45) is 0 Å². The molecule has 2 N–H and O–H groups in total. The monoisotopic (exact) mass is 386 g/mol. The molecule has 2 aromatic carbocycles. The molecule has 0 saturated heterocycles. The molecule has 0 heterocycles. The minimum Gasteiger partial charge on any atom is -0.452 e. The van der Waals surface area contributed by atoms with Crippen LogP contribution in [0.25, 0.3) is 0 Å².